The Morgan fingerprint density at radius 2 is 2.24 bits per heavy atom. The second kappa shape index (κ2) is 5.85. The van der Waals surface area contributed by atoms with Gasteiger partial charge in [0.1, 0.15) is 10.9 Å². The molecule has 1 N–H and O–H groups in total. The van der Waals surface area contributed by atoms with E-state index in [0.29, 0.717) is 0 Å². The van der Waals surface area contributed by atoms with Gasteiger partial charge in [0, 0.05) is 5.75 Å². The highest BCUT2D eigenvalue weighted by Gasteiger charge is 2.45. The van der Waals surface area contributed by atoms with E-state index in [1.54, 1.807) is 6.92 Å². The highest BCUT2D eigenvalue weighted by molar-refractivity contribution is 8.01. The Kier molecular flexibility index (Phi) is 4.49. The number of carboxylic acids is 1. The van der Waals surface area contributed by atoms with Crippen LogP contribution in [0.1, 0.15) is 12.5 Å². The molecule has 2 atom stereocenters. The van der Waals surface area contributed by atoms with Crippen molar-refractivity contribution in [1.29, 1.82) is 5.26 Å². The largest absolute Gasteiger partial charge is 0.480 e. The van der Waals surface area contributed by atoms with Gasteiger partial charge in [0.25, 0.3) is 0 Å². The fourth-order valence-electron chi connectivity index (χ4n) is 2.06. The summed E-state index contributed by atoms with van der Waals surface area (Å²) in [5, 5.41) is 17.5. The van der Waals surface area contributed by atoms with Gasteiger partial charge in [0.05, 0.1) is 22.0 Å². The molecular weight excluding hydrogens is 336 g/mol. The Labute approximate surface area is 131 Å². The summed E-state index contributed by atoms with van der Waals surface area (Å²) in [6.45, 7) is 1.62. The Morgan fingerprint density at radius 1 is 1.57 bits per heavy atom. The van der Waals surface area contributed by atoms with Crippen LogP contribution in [0.5, 0.6) is 0 Å². The predicted octanol–water partition coefficient (Wildman–Crippen LogP) is 1.75. The van der Waals surface area contributed by atoms with Crippen LogP contribution in [0.25, 0.3) is 0 Å². The van der Waals surface area contributed by atoms with Gasteiger partial charge in [0.2, 0.25) is 10.0 Å². The van der Waals surface area contributed by atoms with Crippen molar-refractivity contribution < 1.29 is 18.3 Å². The van der Waals surface area contributed by atoms with E-state index >= 15 is 0 Å². The molecule has 1 aliphatic rings. The van der Waals surface area contributed by atoms with Gasteiger partial charge in [-0.1, -0.05) is 11.6 Å². The molecule has 1 fully saturated rings. The molecule has 0 spiro atoms. The Balaban J connectivity index is 2.56. The van der Waals surface area contributed by atoms with Crippen molar-refractivity contribution in [3.8, 4) is 6.07 Å². The van der Waals surface area contributed by atoms with Crippen LogP contribution in [0.3, 0.4) is 0 Å². The highest BCUT2D eigenvalue weighted by atomic mass is 35.5. The standard InChI is InChI=1S/C12H11ClN2O4S2/c1-7-15(10(6-20-7)12(16)17)21(18,19)11-4-8(5-14)2-3-9(11)13/h2-4,7,10H,6H2,1H3,(H,16,17). The summed E-state index contributed by atoms with van der Waals surface area (Å²) in [5.41, 5.74) is 0.143. The first-order valence-corrected chi connectivity index (χ1v) is 8.73. The van der Waals surface area contributed by atoms with Gasteiger partial charge in [0.15, 0.2) is 0 Å². The van der Waals surface area contributed by atoms with E-state index in [4.69, 9.17) is 16.9 Å². The molecule has 6 nitrogen and oxygen atoms in total. The predicted molar refractivity (Wildman–Crippen MR) is 78.5 cm³/mol. The number of sulfonamides is 1. The van der Waals surface area contributed by atoms with Crippen LogP contribution in [0.15, 0.2) is 23.1 Å². The highest BCUT2D eigenvalue weighted by Crippen LogP contribution is 2.36. The van der Waals surface area contributed by atoms with Crippen LogP contribution < -0.4 is 0 Å². The summed E-state index contributed by atoms with van der Waals surface area (Å²) in [6, 6.07) is 4.57. The topological polar surface area (TPSA) is 98.5 Å². The summed E-state index contributed by atoms with van der Waals surface area (Å²) in [6.07, 6.45) is 0. The van der Waals surface area contributed by atoms with Crippen molar-refractivity contribution in [2.45, 2.75) is 23.2 Å². The lowest BCUT2D eigenvalue weighted by Gasteiger charge is -2.24. The third-order valence-corrected chi connectivity index (χ3v) is 6.87. The van der Waals surface area contributed by atoms with Crippen molar-refractivity contribution in [2.24, 2.45) is 0 Å². The molecule has 0 radical (unpaired) electrons. The number of halogens is 1. The van der Waals surface area contributed by atoms with Gasteiger partial charge in [-0.15, -0.1) is 11.8 Å². The van der Waals surface area contributed by atoms with Crippen LogP contribution in [0.4, 0.5) is 0 Å². The number of rotatable bonds is 3. The minimum Gasteiger partial charge on any atom is -0.480 e. The van der Waals surface area contributed by atoms with Gasteiger partial charge in [-0.2, -0.15) is 9.57 Å². The normalized spacial score (nSPS) is 22.9. The first-order valence-electron chi connectivity index (χ1n) is 5.86. The molecule has 1 aliphatic heterocycles. The number of nitrogens with zero attached hydrogens (tertiary/aromatic N) is 2. The number of benzene rings is 1. The Bertz CT molecular complexity index is 729. The maximum absolute atomic E-state index is 12.7. The molecule has 2 rings (SSSR count). The van der Waals surface area contributed by atoms with Gasteiger partial charge < -0.3 is 5.11 Å². The molecule has 0 aliphatic carbocycles. The molecule has 0 amide bonds. The molecule has 112 valence electrons. The monoisotopic (exact) mass is 346 g/mol. The maximum atomic E-state index is 12.7. The molecule has 1 aromatic carbocycles. The van der Waals surface area contributed by atoms with Crippen molar-refractivity contribution in [1.82, 2.24) is 4.31 Å². The molecule has 1 aromatic rings. The number of nitriles is 1. The van der Waals surface area contributed by atoms with E-state index in [1.807, 2.05) is 6.07 Å². The summed E-state index contributed by atoms with van der Waals surface area (Å²) >= 11 is 7.16. The molecule has 9 heteroatoms. The SMILES string of the molecule is CC1SCC(C(=O)O)N1S(=O)(=O)c1cc(C#N)ccc1Cl. The van der Waals surface area contributed by atoms with Crippen molar-refractivity contribution >= 4 is 39.4 Å². The zero-order valence-electron chi connectivity index (χ0n) is 10.9. The molecule has 0 saturated carbocycles. The summed E-state index contributed by atoms with van der Waals surface area (Å²) in [7, 11) is -4.10. The average molecular weight is 347 g/mol. The van der Waals surface area contributed by atoms with E-state index in [0.717, 1.165) is 10.4 Å². The lowest BCUT2D eigenvalue weighted by Crippen LogP contribution is -2.44. The van der Waals surface area contributed by atoms with Crippen LogP contribution >= 0.6 is 23.4 Å². The van der Waals surface area contributed by atoms with Gasteiger partial charge in [-0.3, -0.25) is 4.79 Å². The Morgan fingerprint density at radius 3 is 2.81 bits per heavy atom. The lowest BCUT2D eigenvalue weighted by atomic mass is 10.2. The second-order valence-electron chi connectivity index (χ2n) is 4.38. The fraction of sp³-hybridized carbons (Fsp3) is 0.333. The Hall–Kier alpha value is -1.27. The molecule has 0 bridgehead atoms. The van der Waals surface area contributed by atoms with Gasteiger partial charge in [-0.25, -0.2) is 8.42 Å². The van der Waals surface area contributed by atoms with Crippen molar-refractivity contribution in [3.63, 3.8) is 0 Å². The van der Waals surface area contributed by atoms with E-state index in [-0.39, 0.29) is 21.2 Å². The summed E-state index contributed by atoms with van der Waals surface area (Å²) in [5.74, 6) is -1.03. The third-order valence-electron chi connectivity index (χ3n) is 3.06. The molecule has 2 unspecified atom stereocenters. The number of hydrogen-bond donors (Lipinski definition) is 1. The van der Waals surface area contributed by atoms with Crippen LogP contribution in [-0.2, 0) is 14.8 Å². The molecule has 1 saturated heterocycles. The van der Waals surface area contributed by atoms with Crippen molar-refractivity contribution in [2.75, 3.05) is 5.75 Å². The first-order chi connectivity index (χ1) is 9.78. The van der Waals surface area contributed by atoms with E-state index in [2.05, 4.69) is 0 Å². The van der Waals surface area contributed by atoms with E-state index in [9.17, 15) is 18.3 Å². The maximum Gasteiger partial charge on any atom is 0.322 e. The van der Waals surface area contributed by atoms with Crippen molar-refractivity contribution in [3.05, 3.63) is 28.8 Å². The number of thioether (sulfide) groups is 1. The summed E-state index contributed by atoms with van der Waals surface area (Å²) < 4.78 is 26.3. The zero-order chi connectivity index (χ0) is 15.8. The first kappa shape index (κ1) is 16.1. The van der Waals surface area contributed by atoms with E-state index < -0.39 is 27.4 Å². The molecule has 1 heterocycles. The minimum absolute atomic E-state index is 0.0396. The van der Waals surface area contributed by atoms with Crippen LogP contribution in [0.2, 0.25) is 5.02 Å². The van der Waals surface area contributed by atoms with Crippen LogP contribution in [-0.4, -0.2) is 41.0 Å². The fourth-order valence-corrected chi connectivity index (χ4v) is 5.85. The smallest absolute Gasteiger partial charge is 0.322 e. The second-order valence-corrected chi connectivity index (χ2v) is 7.95. The van der Waals surface area contributed by atoms with Gasteiger partial charge >= 0.3 is 5.97 Å². The summed E-state index contributed by atoms with van der Waals surface area (Å²) in [4.78, 5) is 11.0. The molecular formula is C12H11ClN2O4S2. The third kappa shape index (κ3) is 2.87. The zero-order valence-corrected chi connectivity index (χ0v) is 13.2. The van der Waals surface area contributed by atoms with E-state index in [1.165, 1.54) is 23.9 Å². The number of aliphatic carboxylic acids is 1. The van der Waals surface area contributed by atoms with Gasteiger partial charge in [-0.05, 0) is 25.1 Å². The molecule has 0 aromatic heterocycles. The number of hydrogen-bond acceptors (Lipinski definition) is 5. The quantitative estimate of drug-likeness (QED) is 0.895. The van der Waals surface area contributed by atoms with Crippen LogP contribution in [0, 0.1) is 11.3 Å². The number of carbonyl (C=O) groups is 1. The average Bonchev–Trinajstić information content (AvgIpc) is 2.82. The molecule has 21 heavy (non-hydrogen) atoms. The number of carboxylic acid groups (broad SMARTS) is 1. The lowest BCUT2D eigenvalue weighted by molar-refractivity contribution is -0.140. The minimum atomic E-state index is -4.10.